The predicted octanol–water partition coefficient (Wildman–Crippen LogP) is 3.03. The van der Waals surface area contributed by atoms with Crippen LogP contribution < -0.4 is 14.9 Å². The molecule has 0 saturated heterocycles. The van der Waals surface area contributed by atoms with Crippen LogP contribution in [0.4, 0.5) is 0 Å². The smallest absolute Gasteiger partial charge is 0.347 e. The van der Waals surface area contributed by atoms with Crippen LogP contribution in [0.3, 0.4) is 0 Å². The van der Waals surface area contributed by atoms with Gasteiger partial charge in [-0.3, -0.25) is 0 Å². The first-order chi connectivity index (χ1) is 11.7. The number of hydrogen-bond donors (Lipinski definition) is 0. The number of fused-ring (bicyclic) bond motifs is 4. The fourth-order valence-corrected chi connectivity index (χ4v) is 3.80. The first kappa shape index (κ1) is 13.3. The molecule has 0 radical (unpaired) electrons. The molecule has 5 aromatic rings. The molecule has 0 unspecified atom stereocenters. The molecule has 0 atom stereocenters. The fourth-order valence-electron chi connectivity index (χ4n) is 3.80. The number of ether oxygens (including phenoxy) is 1. The van der Waals surface area contributed by atoms with Crippen molar-refractivity contribution >= 4 is 38.2 Å². The Morgan fingerprint density at radius 1 is 1.00 bits per heavy atom. The van der Waals surface area contributed by atoms with E-state index in [0.717, 1.165) is 44.0 Å². The fraction of sp³-hybridized carbons (Fsp3) is 0.100. The lowest BCUT2D eigenvalue weighted by Gasteiger charge is -2.03. The van der Waals surface area contributed by atoms with Gasteiger partial charge in [-0.2, -0.15) is 4.40 Å². The van der Waals surface area contributed by atoms with Crippen LogP contribution in [0, 0.1) is 0 Å². The van der Waals surface area contributed by atoms with Crippen LogP contribution in [0.1, 0.15) is 0 Å². The second-order valence-corrected chi connectivity index (χ2v) is 6.09. The van der Waals surface area contributed by atoms with Gasteiger partial charge in [0.05, 0.1) is 24.9 Å². The van der Waals surface area contributed by atoms with Crippen molar-refractivity contribution in [2.45, 2.75) is 0 Å². The quantitative estimate of drug-likeness (QED) is 0.446. The van der Waals surface area contributed by atoms with E-state index < -0.39 is 0 Å². The minimum Gasteiger partial charge on any atom is -0.497 e. The Kier molecular flexibility index (Phi) is 2.47. The van der Waals surface area contributed by atoms with Crippen LogP contribution in [0.5, 0.6) is 5.75 Å². The molecule has 0 aliphatic rings. The molecule has 3 aromatic carbocycles. The van der Waals surface area contributed by atoms with E-state index in [4.69, 9.17) is 4.74 Å². The molecule has 0 saturated carbocycles. The number of pyridine rings is 1. The summed E-state index contributed by atoms with van der Waals surface area (Å²) in [5, 5.41) is 3.95. The molecular formula is C20H15N2O2+. The van der Waals surface area contributed by atoms with Gasteiger partial charge in [-0.1, -0.05) is 24.3 Å². The van der Waals surface area contributed by atoms with Crippen LogP contribution in [-0.2, 0) is 7.05 Å². The highest BCUT2D eigenvalue weighted by molar-refractivity contribution is 6.14. The number of rotatable bonds is 1. The van der Waals surface area contributed by atoms with E-state index in [-0.39, 0.29) is 5.56 Å². The average molecular weight is 315 g/mol. The zero-order chi connectivity index (χ0) is 16.4. The van der Waals surface area contributed by atoms with Gasteiger partial charge >= 0.3 is 5.56 Å². The monoisotopic (exact) mass is 315 g/mol. The van der Waals surface area contributed by atoms with Crippen LogP contribution in [0.15, 0.2) is 59.4 Å². The van der Waals surface area contributed by atoms with Crippen molar-refractivity contribution in [1.82, 2.24) is 4.40 Å². The summed E-state index contributed by atoms with van der Waals surface area (Å²) in [4.78, 5) is 13.2. The van der Waals surface area contributed by atoms with Gasteiger partial charge in [0.25, 0.3) is 5.65 Å². The van der Waals surface area contributed by atoms with E-state index in [1.165, 1.54) is 0 Å². The molecule has 0 aliphatic heterocycles. The standard InChI is InChI=1S/C20H15N2O2/c1-21-16-10-9-13(24-2)11-17(16)22-19(21)14-7-3-5-12-6-4-8-15(18(12)14)20(22)23/h3-11H,1-2H3/q+1. The van der Waals surface area contributed by atoms with Crippen molar-refractivity contribution in [2.75, 3.05) is 7.11 Å². The molecule has 4 nitrogen and oxygen atoms in total. The number of methoxy groups -OCH3 is 1. The molecule has 0 bridgehead atoms. The molecule has 2 heterocycles. The highest BCUT2D eigenvalue weighted by Gasteiger charge is 2.24. The summed E-state index contributed by atoms with van der Waals surface area (Å²) in [7, 11) is 3.64. The highest BCUT2D eigenvalue weighted by atomic mass is 16.5. The normalized spacial score (nSPS) is 11.9. The van der Waals surface area contributed by atoms with Crippen molar-refractivity contribution in [2.24, 2.45) is 7.05 Å². The number of aromatic nitrogens is 2. The predicted molar refractivity (Wildman–Crippen MR) is 95.1 cm³/mol. The molecule has 24 heavy (non-hydrogen) atoms. The molecule has 2 aromatic heterocycles. The first-order valence-corrected chi connectivity index (χ1v) is 7.86. The minimum absolute atomic E-state index is 0.00755. The number of hydrogen-bond acceptors (Lipinski definition) is 2. The zero-order valence-corrected chi connectivity index (χ0v) is 13.4. The summed E-state index contributed by atoms with van der Waals surface area (Å²) < 4.78 is 9.23. The van der Waals surface area contributed by atoms with Gasteiger partial charge in [0.1, 0.15) is 5.75 Å². The Labute approximate surface area is 137 Å². The Balaban J connectivity index is 2.20. The zero-order valence-electron chi connectivity index (χ0n) is 13.4. The number of benzene rings is 3. The maximum absolute atomic E-state index is 13.2. The SMILES string of the molecule is COc1ccc2c(c1)n1c(=O)c3cccc4cccc(c43)c1[n+]2C. The van der Waals surface area contributed by atoms with Gasteiger partial charge in [0, 0.05) is 11.5 Å². The third kappa shape index (κ3) is 1.48. The summed E-state index contributed by atoms with van der Waals surface area (Å²) in [5.41, 5.74) is 2.79. The van der Waals surface area contributed by atoms with E-state index in [0.29, 0.717) is 0 Å². The van der Waals surface area contributed by atoms with Crippen LogP contribution in [0.2, 0.25) is 0 Å². The summed E-state index contributed by atoms with van der Waals surface area (Å²) >= 11 is 0. The molecule has 0 N–H and O–H groups in total. The summed E-state index contributed by atoms with van der Waals surface area (Å²) in [6.45, 7) is 0. The number of aryl methyl sites for hydroxylation is 1. The maximum Gasteiger partial charge on any atom is 0.347 e. The lowest BCUT2D eigenvalue weighted by Crippen LogP contribution is -2.29. The van der Waals surface area contributed by atoms with Crippen molar-refractivity contribution in [1.29, 1.82) is 0 Å². The third-order valence-corrected chi connectivity index (χ3v) is 4.89. The molecule has 5 rings (SSSR count). The molecule has 0 amide bonds. The second-order valence-electron chi connectivity index (χ2n) is 6.09. The second kappa shape index (κ2) is 4.45. The van der Waals surface area contributed by atoms with Crippen LogP contribution in [-0.4, -0.2) is 11.5 Å². The lowest BCUT2D eigenvalue weighted by atomic mass is 10.0. The summed E-state index contributed by atoms with van der Waals surface area (Å²) in [5.74, 6) is 0.744. The van der Waals surface area contributed by atoms with Crippen LogP contribution in [0.25, 0.3) is 38.2 Å². The summed E-state index contributed by atoms with van der Waals surface area (Å²) in [6.07, 6.45) is 0. The van der Waals surface area contributed by atoms with Crippen molar-refractivity contribution in [3.8, 4) is 5.75 Å². The molecular weight excluding hydrogens is 300 g/mol. The average Bonchev–Trinajstić information content (AvgIpc) is 2.92. The van der Waals surface area contributed by atoms with E-state index in [1.54, 1.807) is 11.5 Å². The maximum atomic E-state index is 13.2. The molecule has 4 heteroatoms. The van der Waals surface area contributed by atoms with Crippen molar-refractivity contribution < 1.29 is 9.30 Å². The third-order valence-electron chi connectivity index (χ3n) is 4.89. The Hall–Kier alpha value is -3.14. The number of nitrogens with zero attached hydrogens (tertiary/aromatic N) is 2. The summed E-state index contributed by atoms with van der Waals surface area (Å²) in [6, 6.07) is 17.9. The van der Waals surface area contributed by atoms with Gasteiger partial charge < -0.3 is 4.74 Å². The Morgan fingerprint density at radius 3 is 2.50 bits per heavy atom. The lowest BCUT2D eigenvalue weighted by molar-refractivity contribution is -0.617. The first-order valence-electron chi connectivity index (χ1n) is 7.86. The van der Waals surface area contributed by atoms with Crippen molar-refractivity contribution in [3.05, 3.63) is 65.0 Å². The molecule has 0 aliphatic carbocycles. The highest BCUT2D eigenvalue weighted by Crippen LogP contribution is 2.29. The van der Waals surface area contributed by atoms with Gasteiger partial charge in [-0.15, -0.1) is 0 Å². The van der Waals surface area contributed by atoms with E-state index >= 15 is 0 Å². The molecule has 116 valence electrons. The minimum atomic E-state index is 0.00755. The Bertz CT molecular complexity index is 1310. The largest absolute Gasteiger partial charge is 0.497 e. The number of imidazole rings is 1. The van der Waals surface area contributed by atoms with Crippen molar-refractivity contribution in [3.63, 3.8) is 0 Å². The van der Waals surface area contributed by atoms with Gasteiger partial charge in [0.15, 0.2) is 11.0 Å². The molecule has 0 spiro atoms. The van der Waals surface area contributed by atoms with Crippen LogP contribution >= 0.6 is 0 Å². The van der Waals surface area contributed by atoms with E-state index in [9.17, 15) is 4.79 Å². The van der Waals surface area contributed by atoms with E-state index in [1.807, 2.05) is 43.4 Å². The Morgan fingerprint density at radius 2 is 1.75 bits per heavy atom. The topological polar surface area (TPSA) is 34.6 Å². The van der Waals surface area contributed by atoms with Gasteiger partial charge in [-0.05, 0) is 29.7 Å². The molecule has 0 fully saturated rings. The van der Waals surface area contributed by atoms with Gasteiger partial charge in [0.2, 0.25) is 0 Å². The van der Waals surface area contributed by atoms with E-state index in [2.05, 4.69) is 22.8 Å². The van der Waals surface area contributed by atoms with Gasteiger partial charge in [-0.25, -0.2) is 9.36 Å².